The van der Waals surface area contributed by atoms with Crippen LogP contribution in [0.15, 0.2) is 47.6 Å². The van der Waals surface area contributed by atoms with Gasteiger partial charge in [0.1, 0.15) is 0 Å². The number of carbonyl (C=O) groups excluding carboxylic acids is 1. The molecule has 7 atom stereocenters. The van der Waals surface area contributed by atoms with Crippen molar-refractivity contribution >= 4 is 22.6 Å². The highest BCUT2D eigenvalue weighted by Crippen LogP contribution is 2.60. The Balaban J connectivity index is 1.84. The van der Waals surface area contributed by atoms with E-state index in [9.17, 15) is 14.7 Å². The van der Waals surface area contributed by atoms with E-state index in [1.165, 1.54) is 43.9 Å². The molecule has 2 unspecified atom stereocenters. The summed E-state index contributed by atoms with van der Waals surface area (Å²) in [7, 11) is -3.02. The van der Waals surface area contributed by atoms with Crippen LogP contribution in [0, 0.1) is 29.1 Å². The third-order valence-electron chi connectivity index (χ3n) is 13.4. The molecule has 0 spiro atoms. The van der Waals surface area contributed by atoms with Gasteiger partial charge >= 0.3 is 5.97 Å². The average molecular weight is 687 g/mol. The summed E-state index contributed by atoms with van der Waals surface area (Å²) in [5.41, 5.74) is 4.83. The number of ether oxygens (including phenoxy) is 1. The molecule has 47 heavy (non-hydrogen) atoms. The Morgan fingerprint density at radius 3 is 2.32 bits per heavy atom. The summed E-state index contributed by atoms with van der Waals surface area (Å²) in [5.74, 6) is 1.34. The molecule has 7 heteroatoms. The minimum atomic E-state index is -2.37. The van der Waals surface area contributed by atoms with Gasteiger partial charge in [0.15, 0.2) is 16.6 Å². The molecule has 0 bridgehead atoms. The van der Waals surface area contributed by atoms with Crippen LogP contribution in [0.2, 0.25) is 36.3 Å². The van der Waals surface area contributed by atoms with Gasteiger partial charge in [-0.25, -0.2) is 4.79 Å². The molecular weight excluding hydrogens is 617 g/mol. The molecule has 0 amide bonds. The molecule has 5 nitrogen and oxygen atoms in total. The molecule has 0 aromatic rings. The van der Waals surface area contributed by atoms with Gasteiger partial charge in [0.05, 0.1) is 19.3 Å². The van der Waals surface area contributed by atoms with Crippen molar-refractivity contribution in [2.45, 2.75) is 161 Å². The van der Waals surface area contributed by atoms with Crippen molar-refractivity contribution in [2.75, 3.05) is 7.11 Å². The van der Waals surface area contributed by atoms with Crippen LogP contribution < -0.4 is 0 Å². The highest BCUT2D eigenvalue weighted by Gasteiger charge is 2.51. The summed E-state index contributed by atoms with van der Waals surface area (Å²) in [6, 6.07) is 0. The topological polar surface area (TPSA) is 76.0 Å². The van der Waals surface area contributed by atoms with Crippen LogP contribution in [0.4, 0.5) is 0 Å². The van der Waals surface area contributed by atoms with Crippen molar-refractivity contribution < 1.29 is 23.9 Å². The first-order chi connectivity index (χ1) is 21.4. The molecule has 0 aliphatic heterocycles. The first-order valence-corrected chi connectivity index (χ1v) is 24.2. The van der Waals surface area contributed by atoms with Crippen LogP contribution in [0.3, 0.4) is 0 Å². The maximum atomic E-state index is 11.8. The lowest BCUT2D eigenvalue weighted by Gasteiger charge is -2.45. The maximum absolute atomic E-state index is 11.8. The number of allylic oxidation sites excluding steroid dienone is 3. The summed E-state index contributed by atoms with van der Waals surface area (Å²) < 4.78 is 11.9. The van der Waals surface area contributed by atoms with E-state index in [4.69, 9.17) is 9.16 Å². The third kappa shape index (κ3) is 9.30. The zero-order valence-corrected chi connectivity index (χ0v) is 34.2. The van der Waals surface area contributed by atoms with Crippen LogP contribution in [0.25, 0.3) is 0 Å². The molecule has 3 fully saturated rings. The summed E-state index contributed by atoms with van der Waals surface area (Å²) in [6.07, 6.45) is 14.1. The van der Waals surface area contributed by atoms with Gasteiger partial charge in [0, 0.05) is 12.0 Å². The standard InChI is InChI=1S/C40H70O5Si2/c1-27(22-33(41)23-28(2)37(42)44-10)34-19-20-35-31(16-15-21-40(34,35)9)18-17-30-24-32(26-39(7,8)46(11,12)43)29(3)36(25-30)45-47(13,14)38(4,5)6/h17-18,27,32-36,41,43H,2-3,15-16,19-26H2,1,4-14H3/b30-17+,31-18+/t27-,32+,33-,34?,35?,36-,40-/m1/s1. The van der Waals surface area contributed by atoms with Crippen LogP contribution in [0.5, 0.6) is 0 Å². The summed E-state index contributed by atoms with van der Waals surface area (Å²) >= 11 is 0. The van der Waals surface area contributed by atoms with E-state index in [1.807, 2.05) is 0 Å². The summed E-state index contributed by atoms with van der Waals surface area (Å²) in [4.78, 5) is 23.0. The van der Waals surface area contributed by atoms with Gasteiger partial charge in [-0.3, -0.25) is 0 Å². The maximum Gasteiger partial charge on any atom is 0.333 e. The third-order valence-corrected chi connectivity index (χ3v) is 21.4. The molecule has 3 rings (SSSR count). The molecule has 0 aromatic carbocycles. The predicted molar refractivity (Wildman–Crippen MR) is 202 cm³/mol. The molecule has 2 N–H and O–H groups in total. The lowest BCUT2D eigenvalue weighted by Crippen LogP contribution is -2.46. The number of hydrogen-bond acceptors (Lipinski definition) is 5. The molecular formula is C40H70O5Si2. The van der Waals surface area contributed by atoms with Crippen molar-refractivity contribution in [1.29, 1.82) is 0 Å². The van der Waals surface area contributed by atoms with E-state index in [2.05, 4.69) is 100.0 Å². The van der Waals surface area contributed by atoms with Gasteiger partial charge in [-0.15, -0.1) is 0 Å². The van der Waals surface area contributed by atoms with E-state index in [0.717, 1.165) is 25.7 Å². The molecule has 3 aliphatic carbocycles. The highest BCUT2D eigenvalue weighted by atomic mass is 28.4. The highest BCUT2D eigenvalue weighted by molar-refractivity contribution is 6.74. The average Bonchev–Trinajstić information content (AvgIpc) is 3.29. The summed E-state index contributed by atoms with van der Waals surface area (Å²) in [6.45, 7) is 33.5. The number of fused-ring (bicyclic) bond motifs is 1. The van der Waals surface area contributed by atoms with E-state index in [1.54, 1.807) is 5.57 Å². The largest absolute Gasteiger partial charge is 0.466 e. The minimum Gasteiger partial charge on any atom is -0.466 e. The van der Waals surface area contributed by atoms with Crippen LogP contribution in [-0.2, 0) is 14.0 Å². The Bertz CT molecular complexity index is 1170. The van der Waals surface area contributed by atoms with E-state index >= 15 is 0 Å². The monoisotopic (exact) mass is 686 g/mol. The van der Waals surface area contributed by atoms with Crippen molar-refractivity contribution in [3.63, 3.8) is 0 Å². The molecule has 0 radical (unpaired) electrons. The molecule has 3 aliphatic rings. The van der Waals surface area contributed by atoms with Gasteiger partial charge in [-0.1, -0.05) is 84.9 Å². The minimum absolute atomic E-state index is 0.0218. The van der Waals surface area contributed by atoms with E-state index in [0.29, 0.717) is 35.7 Å². The Hall–Kier alpha value is -1.26. The van der Waals surface area contributed by atoms with Gasteiger partial charge in [-0.05, 0) is 129 Å². The van der Waals surface area contributed by atoms with Crippen molar-refractivity contribution in [1.82, 2.24) is 0 Å². The number of rotatable bonds is 12. The molecule has 268 valence electrons. The number of carbonyl (C=O) groups is 1. The van der Waals surface area contributed by atoms with E-state index < -0.39 is 28.7 Å². The fourth-order valence-electron chi connectivity index (χ4n) is 8.65. The lowest BCUT2D eigenvalue weighted by molar-refractivity contribution is -0.136. The number of esters is 1. The number of aliphatic hydroxyl groups is 1. The second kappa shape index (κ2) is 14.9. The van der Waals surface area contributed by atoms with Crippen LogP contribution >= 0.6 is 0 Å². The Labute approximate surface area is 290 Å². The first kappa shape index (κ1) is 40.2. The second-order valence-corrected chi connectivity index (χ2v) is 27.8. The van der Waals surface area contributed by atoms with Crippen molar-refractivity contribution in [3.05, 3.63) is 47.6 Å². The Morgan fingerprint density at radius 1 is 1.11 bits per heavy atom. The fourth-order valence-corrected chi connectivity index (χ4v) is 10.7. The lowest BCUT2D eigenvalue weighted by atomic mass is 9.60. The molecule has 0 heterocycles. The quantitative estimate of drug-likeness (QED) is 0.0925. The fraction of sp³-hybridized carbons (Fsp3) is 0.775. The van der Waals surface area contributed by atoms with E-state index in [-0.39, 0.29) is 28.0 Å². The van der Waals surface area contributed by atoms with Gasteiger partial charge < -0.3 is 19.1 Å². The Kier molecular flexibility index (Phi) is 12.8. The van der Waals surface area contributed by atoms with Gasteiger partial charge in [-0.2, -0.15) is 0 Å². The van der Waals surface area contributed by atoms with Gasteiger partial charge in [0.25, 0.3) is 0 Å². The SMILES string of the molecule is C=C(C[C@H](O)C[C@@H](C)C1CCC2/C(=C/C=C3\C[C@@H](CC(C)(C)[Si](C)(C)O)C(=C)[C@H](O[Si](C)(C)C(C)(C)C)C3)CCC[C@@]21C)C(=O)OC. The second-order valence-electron chi connectivity index (χ2n) is 18.5. The normalized spacial score (nSPS) is 30.7. The summed E-state index contributed by atoms with van der Waals surface area (Å²) in [5, 5.41) is 10.8. The molecule has 0 aromatic heterocycles. The van der Waals surface area contributed by atoms with Crippen LogP contribution in [0.1, 0.15) is 113 Å². The first-order valence-electron chi connectivity index (χ1n) is 18.3. The zero-order chi connectivity index (χ0) is 35.8. The van der Waals surface area contributed by atoms with Crippen molar-refractivity contribution in [3.8, 4) is 0 Å². The number of hydrogen-bond donors (Lipinski definition) is 2. The predicted octanol–water partition coefficient (Wildman–Crippen LogP) is 10.3. The number of aliphatic hydroxyl groups excluding tert-OH is 1. The molecule has 0 saturated heterocycles. The van der Waals surface area contributed by atoms with Crippen molar-refractivity contribution in [2.24, 2.45) is 29.1 Å². The number of methoxy groups -OCH3 is 1. The molecule has 3 saturated carbocycles. The van der Waals surface area contributed by atoms with Crippen LogP contribution in [-0.4, -0.2) is 51.8 Å². The zero-order valence-electron chi connectivity index (χ0n) is 32.2. The smallest absolute Gasteiger partial charge is 0.333 e. The van der Waals surface area contributed by atoms with Gasteiger partial charge in [0.2, 0.25) is 0 Å². The Morgan fingerprint density at radius 2 is 1.74 bits per heavy atom.